The van der Waals surface area contributed by atoms with Crippen LogP contribution >= 0.6 is 7.82 Å². The number of phosphoric acid groups is 1. The Bertz CT molecular complexity index is 1330. The van der Waals surface area contributed by atoms with Crippen molar-refractivity contribution >= 4 is 25.7 Å². The van der Waals surface area contributed by atoms with Crippen LogP contribution in [0.4, 0.5) is 0 Å². The standard InChI is InChI=1S/C46H78NO12P/c1-3-5-7-9-11-13-15-17-18-19-20-21-23-25-27-29-31-35-44(50)56-37-40(38-57-60(54,55)58-39-41(47)46(52)53)59-45(51)36-32-34-43(49)42(48)33-30-28-26-24-22-16-14-12-10-8-6-4-2/h11-14,17-18,20-22,24,28,30,40-43,48-49H,3-10,15-16,19,23,25-27,29,31-39,47H2,1-2H3,(H,52,53)(H,54,55)/b13-11-,14-12-,18-17-,21-20-,24-22-,30-28-/t40-,41+,42?,43?/m1/s1. The lowest BCUT2D eigenvalue weighted by molar-refractivity contribution is -0.161. The van der Waals surface area contributed by atoms with Crippen LogP contribution in [0.25, 0.3) is 0 Å². The highest BCUT2D eigenvalue weighted by molar-refractivity contribution is 7.47. The van der Waals surface area contributed by atoms with E-state index in [2.05, 4.69) is 73.1 Å². The molecule has 0 aliphatic carbocycles. The number of hydrogen-bond donors (Lipinski definition) is 5. The summed E-state index contributed by atoms with van der Waals surface area (Å²) in [6.45, 7) is 2.41. The third-order valence-electron chi connectivity index (χ3n) is 9.13. The molecule has 14 heteroatoms. The number of hydrogen-bond acceptors (Lipinski definition) is 11. The highest BCUT2D eigenvalue weighted by Crippen LogP contribution is 2.43. The first-order valence-electron chi connectivity index (χ1n) is 22.1. The van der Waals surface area contributed by atoms with Crippen molar-refractivity contribution in [3.05, 3.63) is 72.9 Å². The van der Waals surface area contributed by atoms with Crippen LogP contribution in [0.5, 0.6) is 0 Å². The zero-order valence-corrected chi connectivity index (χ0v) is 37.4. The summed E-state index contributed by atoms with van der Waals surface area (Å²) in [7, 11) is -4.81. The molecule has 0 aliphatic rings. The van der Waals surface area contributed by atoms with E-state index in [9.17, 15) is 34.1 Å². The van der Waals surface area contributed by atoms with E-state index in [1.807, 2.05) is 12.2 Å². The van der Waals surface area contributed by atoms with Crippen LogP contribution in [0.3, 0.4) is 0 Å². The van der Waals surface area contributed by atoms with Gasteiger partial charge in [0.15, 0.2) is 6.10 Å². The highest BCUT2D eigenvalue weighted by Gasteiger charge is 2.28. The number of esters is 2. The summed E-state index contributed by atoms with van der Waals surface area (Å²) in [5.74, 6) is -2.74. The lowest BCUT2D eigenvalue weighted by Crippen LogP contribution is -2.34. The molecule has 0 aliphatic heterocycles. The van der Waals surface area contributed by atoms with Gasteiger partial charge in [0.2, 0.25) is 0 Å². The Balaban J connectivity index is 4.66. The molecular weight excluding hydrogens is 789 g/mol. The van der Waals surface area contributed by atoms with E-state index in [0.717, 1.165) is 57.8 Å². The molecule has 0 fully saturated rings. The maximum Gasteiger partial charge on any atom is 0.472 e. The molecule has 0 heterocycles. The Kier molecular flexibility index (Phi) is 37.8. The van der Waals surface area contributed by atoms with Gasteiger partial charge in [-0.3, -0.25) is 23.4 Å². The summed E-state index contributed by atoms with van der Waals surface area (Å²) in [5, 5.41) is 29.6. The fraction of sp³-hybridized carbons (Fsp3) is 0.674. The number of carbonyl (C=O) groups is 3. The number of nitrogens with two attached hydrogens (primary N) is 1. The minimum atomic E-state index is -4.81. The fourth-order valence-electron chi connectivity index (χ4n) is 5.47. The van der Waals surface area contributed by atoms with Crippen molar-refractivity contribution in [2.75, 3.05) is 19.8 Å². The summed E-state index contributed by atoms with van der Waals surface area (Å²) in [6, 6.07) is -1.57. The van der Waals surface area contributed by atoms with E-state index in [0.29, 0.717) is 12.8 Å². The van der Waals surface area contributed by atoms with Crippen molar-refractivity contribution in [2.24, 2.45) is 5.73 Å². The van der Waals surface area contributed by atoms with E-state index in [1.165, 1.54) is 38.5 Å². The van der Waals surface area contributed by atoms with Gasteiger partial charge in [0.1, 0.15) is 12.6 Å². The minimum absolute atomic E-state index is 0.110. The molecule has 3 unspecified atom stereocenters. The van der Waals surface area contributed by atoms with Gasteiger partial charge in [-0.25, -0.2) is 4.57 Å². The largest absolute Gasteiger partial charge is 0.480 e. The molecular formula is C46H78NO12P. The predicted octanol–water partition coefficient (Wildman–Crippen LogP) is 9.67. The molecule has 0 saturated carbocycles. The molecule has 5 atom stereocenters. The Morgan fingerprint density at radius 1 is 0.583 bits per heavy atom. The molecule has 0 saturated heterocycles. The third kappa shape index (κ3) is 37.8. The summed E-state index contributed by atoms with van der Waals surface area (Å²) in [6.07, 6.45) is 39.9. The van der Waals surface area contributed by atoms with Crippen molar-refractivity contribution in [1.82, 2.24) is 0 Å². The first kappa shape index (κ1) is 56.8. The van der Waals surface area contributed by atoms with Gasteiger partial charge in [-0.1, -0.05) is 125 Å². The van der Waals surface area contributed by atoms with Crippen molar-refractivity contribution in [3.8, 4) is 0 Å². The third-order valence-corrected chi connectivity index (χ3v) is 10.1. The smallest absolute Gasteiger partial charge is 0.472 e. The number of unbranched alkanes of at least 4 members (excludes halogenated alkanes) is 10. The van der Waals surface area contributed by atoms with E-state index < -0.39 is 69.9 Å². The molecule has 0 aromatic heterocycles. The van der Waals surface area contributed by atoms with Gasteiger partial charge in [0.05, 0.1) is 25.4 Å². The highest BCUT2D eigenvalue weighted by atomic mass is 31.2. The van der Waals surface area contributed by atoms with E-state index >= 15 is 0 Å². The van der Waals surface area contributed by atoms with Crippen molar-refractivity contribution < 1.29 is 57.7 Å². The average Bonchev–Trinajstić information content (AvgIpc) is 3.22. The molecule has 0 radical (unpaired) electrons. The maximum absolute atomic E-state index is 12.7. The number of ether oxygens (including phenoxy) is 2. The predicted molar refractivity (Wildman–Crippen MR) is 238 cm³/mol. The molecule has 60 heavy (non-hydrogen) atoms. The fourth-order valence-corrected chi connectivity index (χ4v) is 6.25. The van der Waals surface area contributed by atoms with Gasteiger partial charge in [0.25, 0.3) is 0 Å². The second-order valence-corrected chi connectivity index (χ2v) is 16.2. The first-order valence-corrected chi connectivity index (χ1v) is 23.6. The zero-order valence-electron chi connectivity index (χ0n) is 36.5. The normalized spacial score (nSPS) is 15.4. The summed E-state index contributed by atoms with van der Waals surface area (Å²) in [4.78, 5) is 46.0. The second kappa shape index (κ2) is 39.9. The topological polar surface area (TPSA) is 212 Å². The van der Waals surface area contributed by atoms with Crippen LogP contribution in [0, 0.1) is 0 Å². The van der Waals surface area contributed by atoms with Gasteiger partial charge >= 0.3 is 25.7 Å². The quantitative estimate of drug-likeness (QED) is 0.0168. The van der Waals surface area contributed by atoms with Gasteiger partial charge in [-0.15, -0.1) is 0 Å². The van der Waals surface area contributed by atoms with Crippen LogP contribution in [0.2, 0.25) is 0 Å². The second-order valence-electron chi connectivity index (χ2n) is 14.8. The summed E-state index contributed by atoms with van der Waals surface area (Å²) < 4.78 is 32.5. The van der Waals surface area contributed by atoms with Crippen LogP contribution in [-0.2, 0) is 37.5 Å². The number of rotatable bonds is 40. The number of allylic oxidation sites excluding steroid dienone is 11. The van der Waals surface area contributed by atoms with Crippen LogP contribution in [0.15, 0.2) is 72.9 Å². The molecule has 0 amide bonds. The molecule has 0 aromatic carbocycles. The molecule has 0 rings (SSSR count). The number of carbonyl (C=O) groups excluding carboxylic acids is 2. The molecule has 13 nitrogen and oxygen atoms in total. The van der Waals surface area contributed by atoms with Gasteiger partial charge in [-0.05, 0) is 89.9 Å². The number of carboxylic acids is 1. The number of aliphatic carboxylic acids is 1. The lowest BCUT2D eigenvalue weighted by atomic mass is 10.0. The molecule has 344 valence electrons. The van der Waals surface area contributed by atoms with Crippen molar-refractivity contribution in [1.29, 1.82) is 0 Å². The summed E-state index contributed by atoms with van der Waals surface area (Å²) in [5.41, 5.74) is 5.31. The maximum atomic E-state index is 12.7. The van der Waals surface area contributed by atoms with E-state index in [4.69, 9.17) is 24.8 Å². The number of carboxylic acid groups (broad SMARTS) is 1. The number of aliphatic hydroxyl groups is 2. The average molecular weight is 868 g/mol. The van der Waals surface area contributed by atoms with Gasteiger partial charge < -0.3 is 35.4 Å². The van der Waals surface area contributed by atoms with E-state index in [1.54, 1.807) is 6.08 Å². The Morgan fingerprint density at radius 2 is 1.05 bits per heavy atom. The monoisotopic (exact) mass is 868 g/mol. The minimum Gasteiger partial charge on any atom is -0.480 e. The molecule has 0 bridgehead atoms. The number of aliphatic hydroxyl groups excluding tert-OH is 2. The van der Waals surface area contributed by atoms with E-state index in [-0.39, 0.29) is 32.1 Å². The Labute approximate surface area is 360 Å². The van der Waals surface area contributed by atoms with Crippen LogP contribution < -0.4 is 5.73 Å². The molecule has 0 spiro atoms. The molecule has 6 N–H and O–H groups in total. The van der Waals surface area contributed by atoms with Crippen LogP contribution in [0.1, 0.15) is 155 Å². The van der Waals surface area contributed by atoms with Crippen molar-refractivity contribution in [3.63, 3.8) is 0 Å². The first-order chi connectivity index (χ1) is 28.9. The zero-order chi connectivity index (χ0) is 44.5. The van der Waals surface area contributed by atoms with Crippen molar-refractivity contribution in [2.45, 2.75) is 179 Å². The van der Waals surface area contributed by atoms with Gasteiger partial charge in [0, 0.05) is 12.8 Å². The SMILES string of the molecule is CCCCC/C=C\C/C=C\C/C=C\CCCCCCC(=O)OC[C@H](COP(=O)(O)OC[C@H](N)C(=O)O)OC(=O)CCCC(O)C(O)C/C=C\C/C=C\C/C=C\CCCCC. The summed E-state index contributed by atoms with van der Waals surface area (Å²) >= 11 is 0. The Hall–Kier alpha value is -3.16. The lowest BCUT2D eigenvalue weighted by Gasteiger charge is -2.20. The Morgan fingerprint density at radius 3 is 1.58 bits per heavy atom. The van der Waals surface area contributed by atoms with Gasteiger partial charge in [-0.2, -0.15) is 0 Å². The number of phosphoric ester groups is 1. The molecule has 0 aromatic rings. The van der Waals surface area contributed by atoms with Crippen LogP contribution in [-0.4, -0.2) is 82.3 Å².